The van der Waals surface area contributed by atoms with E-state index in [-0.39, 0.29) is 5.91 Å². The van der Waals surface area contributed by atoms with Crippen molar-refractivity contribution in [1.29, 1.82) is 0 Å². The summed E-state index contributed by atoms with van der Waals surface area (Å²) in [6.07, 6.45) is 5.66. The molecule has 3 N–H and O–H groups in total. The number of carbonyl (C=O) groups is 2. The fourth-order valence-corrected chi connectivity index (χ4v) is 1.24. The fourth-order valence-electron chi connectivity index (χ4n) is 1.24. The third-order valence-corrected chi connectivity index (χ3v) is 1.82. The van der Waals surface area contributed by atoms with E-state index in [4.69, 9.17) is 5.73 Å². The number of nitrogens with two attached hydrogens (primary N) is 1. The number of rotatable bonds is 1. The van der Waals surface area contributed by atoms with E-state index in [0.717, 1.165) is 25.7 Å². The molecule has 0 aromatic rings. The lowest BCUT2D eigenvalue weighted by atomic mass is 9.99. The van der Waals surface area contributed by atoms with Crippen LogP contribution in [0.3, 0.4) is 0 Å². The van der Waals surface area contributed by atoms with E-state index in [0.29, 0.717) is 5.57 Å². The first-order chi connectivity index (χ1) is 5.70. The maximum Gasteiger partial charge on any atom is 0.319 e. The Bertz CT molecular complexity index is 233. The summed E-state index contributed by atoms with van der Waals surface area (Å²) in [5, 5.41) is 2.04. The summed E-state index contributed by atoms with van der Waals surface area (Å²) < 4.78 is 0. The summed E-state index contributed by atoms with van der Waals surface area (Å²) in [6, 6.07) is -0.786. The zero-order valence-electron chi connectivity index (χ0n) is 6.80. The first-order valence-electron chi connectivity index (χ1n) is 4.00. The van der Waals surface area contributed by atoms with Crippen LogP contribution in [0.25, 0.3) is 0 Å². The van der Waals surface area contributed by atoms with Gasteiger partial charge in [0.1, 0.15) is 0 Å². The smallest absolute Gasteiger partial charge is 0.319 e. The van der Waals surface area contributed by atoms with Crippen molar-refractivity contribution < 1.29 is 9.59 Å². The molecule has 12 heavy (non-hydrogen) atoms. The van der Waals surface area contributed by atoms with Gasteiger partial charge >= 0.3 is 6.03 Å². The van der Waals surface area contributed by atoms with Gasteiger partial charge in [0.25, 0.3) is 5.91 Å². The minimum atomic E-state index is -0.786. The summed E-state index contributed by atoms with van der Waals surface area (Å²) >= 11 is 0. The van der Waals surface area contributed by atoms with Crippen LogP contribution in [-0.4, -0.2) is 11.9 Å². The minimum absolute atomic E-state index is 0.345. The number of imide groups is 1. The van der Waals surface area contributed by atoms with Crippen molar-refractivity contribution in [2.24, 2.45) is 5.73 Å². The molecule has 0 spiro atoms. The lowest BCUT2D eigenvalue weighted by molar-refractivity contribution is -0.116. The molecule has 0 unspecified atom stereocenters. The SMILES string of the molecule is NC(=O)NC(=O)C1=CCCCC1. The van der Waals surface area contributed by atoms with Gasteiger partial charge in [-0.05, 0) is 25.7 Å². The number of primary amides is 1. The molecule has 1 aliphatic rings. The first-order valence-corrected chi connectivity index (χ1v) is 4.00. The van der Waals surface area contributed by atoms with Crippen molar-refractivity contribution in [3.8, 4) is 0 Å². The van der Waals surface area contributed by atoms with Gasteiger partial charge in [-0.15, -0.1) is 0 Å². The lowest BCUT2D eigenvalue weighted by Gasteiger charge is -2.10. The van der Waals surface area contributed by atoms with Gasteiger partial charge in [-0.1, -0.05) is 6.08 Å². The lowest BCUT2D eigenvalue weighted by Crippen LogP contribution is -2.36. The van der Waals surface area contributed by atoms with Gasteiger partial charge in [0.15, 0.2) is 0 Å². The molecule has 0 heterocycles. The van der Waals surface area contributed by atoms with Gasteiger partial charge in [0, 0.05) is 5.57 Å². The summed E-state index contributed by atoms with van der Waals surface area (Å²) in [5.41, 5.74) is 5.48. The molecule has 0 atom stereocenters. The van der Waals surface area contributed by atoms with E-state index in [1.54, 1.807) is 0 Å². The Morgan fingerprint density at radius 3 is 2.67 bits per heavy atom. The number of hydrogen-bond acceptors (Lipinski definition) is 2. The number of hydrogen-bond donors (Lipinski definition) is 2. The zero-order valence-corrected chi connectivity index (χ0v) is 6.80. The molecule has 4 heteroatoms. The van der Waals surface area contributed by atoms with Crippen LogP contribution in [0.4, 0.5) is 4.79 Å². The highest BCUT2D eigenvalue weighted by Gasteiger charge is 2.12. The quantitative estimate of drug-likeness (QED) is 0.604. The highest BCUT2D eigenvalue weighted by atomic mass is 16.2. The molecule has 1 rings (SSSR count). The third-order valence-electron chi connectivity index (χ3n) is 1.82. The second-order valence-corrected chi connectivity index (χ2v) is 2.79. The Hall–Kier alpha value is -1.32. The molecule has 0 aliphatic heterocycles. The van der Waals surface area contributed by atoms with E-state index >= 15 is 0 Å². The average Bonchev–Trinajstić information content (AvgIpc) is 2.05. The largest absolute Gasteiger partial charge is 0.351 e. The van der Waals surface area contributed by atoms with Gasteiger partial charge in [-0.2, -0.15) is 0 Å². The molecular formula is C8H12N2O2. The van der Waals surface area contributed by atoms with Crippen molar-refractivity contribution in [2.45, 2.75) is 25.7 Å². The highest BCUT2D eigenvalue weighted by Crippen LogP contribution is 2.16. The highest BCUT2D eigenvalue weighted by molar-refractivity contribution is 6.03. The fraction of sp³-hybridized carbons (Fsp3) is 0.500. The molecular weight excluding hydrogens is 156 g/mol. The maximum atomic E-state index is 11.1. The van der Waals surface area contributed by atoms with Crippen LogP contribution in [0.1, 0.15) is 25.7 Å². The molecule has 0 aromatic carbocycles. The Balaban J connectivity index is 2.51. The molecule has 1 aliphatic carbocycles. The van der Waals surface area contributed by atoms with Gasteiger partial charge in [0.05, 0.1) is 0 Å². The third kappa shape index (κ3) is 2.38. The van der Waals surface area contributed by atoms with Gasteiger partial charge in [-0.25, -0.2) is 4.79 Å². The topological polar surface area (TPSA) is 72.2 Å². The maximum absolute atomic E-state index is 11.1. The molecule has 0 bridgehead atoms. The van der Waals surface area contributed by atoms with Crippen LogP contribution in [-0.2, 0) is 4.79 Å². The summed E-state index contributed by atoms with van der Waals surface area (Å²) in [4.78, 5) is 21.4. The molecule has 66 valence electrons. The molecule has 0 aromatic heterocycles. The Morgan fingerprint density at radius 1 is 1.42 bits per heavy atom. The number of nitrogens with one attached hydrogen (secondary N) is 1. The predicted molar refractivity (Wildman–Crippen MR) is 44.3 cm³/mol. The van der Waals surface area contributed by atoms with E-state index in [1.165, 1.54) is 0 Å². The van der Waals surface area contributed by atoms with Gasteiger partial charge in [0.2, 0.25) is 0 Å². The first kappa shape index (κ1) is 8.77. The normalized spacial score (nSPS) is 16.5. The second-order valence-electron chi connectivity index (χ2n) is 2.79. The summed E-state index contributed by atoms with van der Waals surface area (Å²) in [5.74, 6) is -0.345. The Kier molecular flexibility index (Phi) is 2.85. The van der Waals surface area contributed by atoms with E-state index in [9.17, 15) is 9.59 Å². The summed E-state index contributed by atoms with van der Waals surface area (Å²) in [7, 11) is 0. The van der Waals surface area contributed by atoms with E-state index < -0.39 is 6.03 Å². The minimum Gasteiger partial charge on any atom is -0.351 e. The number of amides is 3. The number of allylic oxidation sites excluding steroid dienone is 1. The van der Waals surface area contributed by atoms with Gasteiger partial charge < -0.3 is 5.73 Å². The standard InChI is InChI=1S/C8H12N2O2/c9-8(12)10-7(11)6-4-2-1-3-5-6/h4H,1-3,5H2,(H3,9,10,11,12). The molecule has 0 saturated carbocycles. The Morgan fingerprint density at radius 2 is 2.17 bits per heavy atom. The van der Waals surface area contributed by atoms with Crippen LogP contribution in [0.15, 0.2) is 11.6 Å². The molecule has 0 radical (unpaired) electrons. The summed E-state index contributed by atoms with van der Waals surface area (Å²) in [6.45, 7) is 0. The predicted octanol–water partition coefficient (Wildman–Crippen LogP) is 0.682. The van der Waals surface area contributed by atoms with Crippen LogP contribution in [0.2, 0.25) is 0 Å². The zero-order chi connectivity index (χ0) is 8.97. The van der Waals surface area contributed by atoms with Crippen LogP contribution >= 0.6 is 0 Å². The van der Waals surface area contributed by atoms with Crippen molar-refractivity contribution in [3.63, 3.8) is 0 Å². The number of carbonyl (C=O) groups excluding carboxylic acids is 2. The Labute approximate surface area is 70.8 Å². The van der Waals surface area contributed by atoms with Crippen LogP contribution in [0, 0.1) is 0 Å². The van der Waals surface area contributed by atoms with Crippen molar-refractivity contribution in [2.75, 3.05) is 0 Å². The average molecular weight is 168 g/mol. The van der Waals surface area contributed by atoms with E-state index in [1.807, 2.05) is 11.4 Å². The van der Waals surface area contributed by atoms with Crippen LogP contribution < -0.4 is 11.1 Å². The monoisotopic (exact) mass is 168 g/mol. The second kappa shape index (κ2) is 3.90. The van der Waals surface area contributed by atoms with Gasteiger partial charge in [-0.3, -0.25) is 10.1 Å². The van der Waals surface area contributed by atoms with E-state index in [2.05, 4.69) is 0 Å². The number of urea groups is 1. The molecule has 4 nitrogen and oxygen atoms in total. The van der Waals surface area contributed by atoms with Crippen molar-refractivity contribution in [1.82, 2.24) is 5.32 Å². The van der Waals surface area contributed by atoms with Crippen LogP contribution in [0.5, 0.6) is 0 Å². The van der Waals surface area contributed by atoms with Crippen molar-refractivity contribution in [3.05, 3.63) is 11.6 Å². The molecule has 3 amide bonds. The molecule has 0 saturated heterocycles. The molecule has 0 fully saturated rings. The van der Waals surface area contributed by atoms with Crippen molar-refractivity contribution >= 4 is 11.9 Å².